The van der Waals surface area contributed by atoms with Crippen LogP contribution in [0.4, 0.5) is 0 Å². The highest BCUT2D eigenvalue weighted by Gasteiger charge is 2.17. The number of fused-ring (bicyclic) bond motifs is 1. The van der Waals surface area contributed by atoms with Crippen LogP contribution in [0.3, 0.4) is 0 Å². The molecule has 4 heteroatoms. The van der Waals surface area contributed by atoms with E-state index >= 15 is 0 Å². The molecule has 0 fully saturated rings. The summed E-state index contributed by atoms with van der Waals surface area (Å²) < 4.78 is 0. The summed E-state index contributed by atoms with van der Waals surface area (Å²) in [6.45, 7) is 2.04. The van der Waals surface area contributed by atoms with Crippen molar-refractivity contribution < 1.29 is 9.90 Å². The average Bonchev–Trinajstić information content (AvgIpc) is 2.42. The van der Waals surface area contributed by atoms with Crippen LogP contribution in [0.15, 0.2) is 11.0 Å². The standard InChI is InChI=1S/C9H8O2S2/c1-5-2-6-4-12-8(9(10)11)3-7(6)13-5/h2-3H,4H2,1H3,(H,10,11). The van der Waals surface area contributed by atoms with Crippen molar-refractivity contribution in [2.75, 3.05) is 0 Å². The first-order valence-electron chi connectivity index (χ1n) is 3.84. The maximum atomic E-state index is 10.7. The molecule has 1 N–H and O–H groups in total. The first kappa shape index (κ1) is 8.84. The maximum absolute atomic E-state index is 10.7. The number of hydrogen-bond acceptors (Lipinski definition) is 3. The summed E-state index contributed by atoms with van der Waals surface area (Å²) in [6, 6.07) is 2.13. The Morgan fingerprint density at radius 1 is 1.62 bits per heavy atom. The van der Waals surface area contributed by atoms with Gasteiger partial charge in [0, 0.05) is 15.5 Å². The van der Waals surface area contributed by atoms with Crippen LogP contribution < -0.4 is 0 Å². The van der Waals surface area contributed by atoms with Gasteiger partial charge in [-0.2, -0.15) is 0 Å². The summed E-state index contributed by atoms with van der Waals surface area (Å²) in [5.41, 5.74) is 1.26. The minimum absolute atomic E-state index is 0.453. The molecule has 1 aliphatic heterocycles. The first-order chi connectivity index (χ1) is 6.16. The second-order valence-electron chi connectivity index (χ2n) is 2.85. The maximum Gasteiger partial charge on any atom is 0.342 e. The van der Waals surface area contributed by atoms with E-state index in [2.05, 4.69) is 6.07 Å². The molecular formula is C9H8O2S2. The highest BCUT2D eigenvalue weighted by atomic mass is 32.2. The molecule has 1 aliphatic rings. The molecule has 0 saturated heterocycles. The zero-order chi connectivity index (χ0) is 9.42. The van der Waals surface area contributed by atoms with Crippen molar-refractivity contribution in [1.82, 2.24) is 0 Å². The Morgan fingerprint density at radius 3 is 3.08 bits per heavy atom. The van der Waals surface area contributed by atoms with Gasteiger partial charge in [-0.05, 0) is 24.6 Å². The van der Waals surface area contributed by atoms with Gasteiger partial charge >= 0.3 is 5.97 Å². The van der Waals surface area contributed by atoms with Gasteiger partial charge in [0.2, 0.25) is 0 Å². The lowest BCUT2D eigenvalue weighted by atomic mass is 10.2. The van der Waals surface area contributed by atoms with E-state index in [1.54, 1.807) is 17.4 Å². The minimum atomic E-state index is -0.818. The van der Waals surface area contributed by atoms with Gasteiger partial charge in [0.1, 0.15) is 0 Å². The van der Waals surface area contributed by atoms with Crippen molar-refractivity contribution in [2.24, 2.45) is 0 Å². The highest BCUT2D eigenvalue weighted by Crippen LogP contribution is 2.36. The van der Waals surface area contributed by atoms with Gasteiger partial charge in [0.25, 0.3) is 0 Å². The van der Waals surface area contributed by atoms with Crippen molar-refractivity contribution in [2.45, 2.75) is 12.7 Å². The summed E-state index contributed by atoms with van der Waals surface area (Å²) in [6.07, 6.45) is 1.77. The van der Waals surface area contributed by atoms with E-state index in [1.807, 2.05) is 6.92 Å². The average molecular weight is 212 g/mol. The number of rotatable bonds is 1. The fourth-order valence-corrected chi connectivity index (χ4v) is 3.29. The van der Waals surface area contributed by atoms with Gasteiger partial charge in [-0.1, -0.05) is 0 Å². The van der Waals surface area contributed by atoms with Gasteiger partial charge in [-0.25, -0.2) is 4.79 Å². The molecule has 0 spiro atoms. The Kier molecular flexibility index (Phi) is 2.17. The van der Waals surface area contributed by atoms with Crippen LogP contribution in [-0.2, 0) is 10.5 Å². The number of thioether (sulfide) groups is 1. The predicted octanol–water partition coefficient (Wildman–Crippen LogP) is 2.73. The van der Waals surface area contributed by atoms with Crippen molar-refractivity contribution in [3.8, 4) is 0 Å². The van der Waals surface area contributed by atoms with Crippen molar-refractivity contribution in [3.63, 3.8) is 0 Å². The molecule has 13 heavy (non-hydrogen) atoms. The van der Waals surface area contributed by atoms with Gasteiger partial charge < -0.3 is 5.11 Å². The van der Waals surface area contributed by atoms with E-state index in [-0.39, 0.29) is 0 Å². The Balaban J connectivity index is 2.43. The van der Waals surface area contributed by atoms with E-state index < -0.39 is 5.97 Å². The zero-order valence-corrected chi connectivity index (χ0v) is 8.67. The molecule has 2 heterocycles. The highest BCUT2D eigenvalue weighted by molar-refractivity contribution is 8.03. The molecule has 68 valence electrons. The second kappa shape index (κ2) is 3.20. The fourth-order valence-electron chi connectivity index (χ4n) is 1.26. The topological polar surface area (TPSA) is 37.3 Å². The third-order valence-electron chi connectivity index (χ3n) is 1.82. The van der Waals surface area contributed by atoms with Gasteiger partial charge in [0.15, 0.2) is 0 Å². The summed E-state index contributed by atoms with van der Waals surface area (Å²) in [4.78, 5) is 13.5. The lowest BCUT2D eigenvalue weighted by Gasteiger charge is -2.08. The van der Waals surface area contributed by atoms with Crippen LogP contribution in [0.2, 0.25) is 0 Å². The van der Waals surface area contributed by atoms with Crippen LogP contribution in [0.25, 0.3) is 6.08 Å². The summed E-state index contributed by atoms with van der Waals surface area (Å²) >= 11 is 3.05. The monoisotopic (exact) mass is 212 g/mol. The SMILES string of the molecule is Cc1cc2c(s1)C=C(C(=O)O)SC2. The second-order valence-corrected chi connectivity index (χ2v) is 5.15. The van der Waals surface area contributed by atoms with Crippen molar-refractivity contribution in [1.29, 1.82) is 0 Å². The van der Waals surface area contributed by atoms with Crippen molar-refractivity contribution in [3.05, 3.63) is 26.3 Å². The normalized spacial score (nSPS) is 15.0. The van der Waals surface area contributed by atoms with E-state index in [0.29, 0.717) is 4.91 Å². The molecule has 0 saturated carbocycles. The molecular weight excluding hydrogens is 204 g/mol. The molecule has 1 aromatic rings. The minimum Gasteiger partial charge on any atom is -0.477 e. The number of aryl methyl sites for hydroxylation is 1. The number of hydrogen-bond donors (Lipinski definition) is 1. The molecule has 1 aromatic heterocycles. The third-order valence-corrected chi connectivity index (χ3v) is 3.92. The van der Waals surface area contributed by atoms with E-state index in [0.717, 1.165) is 10.6 Å². The number of aliphatic carboxylic acids is 1. The third kappa shape index (κ3) is 1.64. The quantitative estimate of drug-likeness (QED) is 0.777. The van der Waals surface area contributed by atoms with Gasteiger partial charge in [-0.3, -0.25) is 0 Å². The molecule has 0 amide bonds. The number of carboxylic acids is 1. The smallest absolute Gasteiger partial charge is 0.342 e. The predicted molar refractivity (Wildman–Crippen MR) is 56.0 cm³/mol. The van der Waals surface area contributed by atoms with E-state index in [4.69, 9.17) is 5.11 Å². The van der Waals surface area contributed by atoms with Gasteiger partial charge in [-0.15, -0.1) is 23.1 Å². The largest absolute Gasteiger partial charge is 0.477 e. The van der Waals surface area contributed by atoms with Crippen molar-refractivity contribution >= 4 is 35.1 Å². The lowest BCUT2D eigenvalue weighted by Crippen LogP contribution is -2.00. The molecule has 0 aromatic carbocycles. The van der Waals surface area contributed by atoms with Gasteiger partial charge in [0.05, 0.1) is 4.91 Å². The molecule has 2 nitrogen and oxygen atoms in total. The molecule has 0 unspecified atom stereocenters. The number of carbonyl (C=O) groups is 1. The summed E-state index contributed by atoms with van der Waals surface area (Å²) in [5, 5.41) is 8.79. The van der Waals surface area contributed by atoms with Crippen LogP contribution in [0.1, 0.15) is 15.3 Å². The summed E-state index contributed by atoms with van der Waals surface area (Å²) in [5.74, 6) is -0.0284. The zero-order valence-electron chi connectivity index (χ0n) is 7.03. The molecule has 2 rings (SSSR count). The lowest BCUT2D eigenvalue weighted by molar-refractivity contribution is -0.131. The number of thiophene rings is 1. The van der Waals surface area contributed by atoms with Crippen LogP contribution >= 0.6 is 23.1 Å². The fraction of sp³-hybridized carbons (Fsp3) is 0.222. The molecule has 0 bridgehead atoms. The number of carboxylic acid groups (broad SMARTS) is 1. The Hall–Kier alpha value is -0.740. The van der Waals surface area contributed by atoms with Crippen LogP contribution in [0.5, 0.6) is 0 Å². The van der Waals surface area contributed by atoms with E-state index in [1.165, 1.54) is 22.2 Å². The molecule has 0 radical (unpaired) electrons. The Morgan fingerprint density at radius 2 is 2.38 bits per heavy atom. The van der Waals surface area contributed by atoms with Crippen LogP contribution in [0, 0.1) is 6.92 Å². The van der Waals surface area contributed by atoms with E-state index in [9.17, 15) is 4.79 Å². The Bertz CT molecular complexity index is 390. The van der Waals surface area contributed by atoms with Crippen LogP contribution in [-0.4, -0.2) is 11.1 Å². The molecule has 0 aliphatic carbocycles. The first-order valence-corrected chi connectivity index (χ1v) is 5.64. The molecule has 0 atom stereocenters. The summed E-state index contributed by atoms with van der Waals surface area (Å²) in [7, 11) is 0. The Labute approximate surface area is 84.3 Å².